The molecule has 0 aliphatic carbocycles. The lowest BCUT2D eigenvalue weighted by molar-refractivity contribution is -0.137. The van der Waals surface area contributed by atoms with E-state index < -0.39 is 6.04 Å². The van der Waals surface area contributed by atoms with Crippen molar-refractivity contribution in [3.05, 3.63) is 17.7 Å². The Morgan fingerprint density at radius 3 is 3.10 bits per heavy atom. The van der Waals surface area contributed by atoms with Crippen LogP contribution in [0.4, 0.5) is 0 Å². The van der Waals surface area contributed by atoms with Crippen molar-refractivity contribution in [2.24, 2.45) is 0 Å². The lowest BCUT2D eigenvalue weighted by Crippen LogP contribution is -2.49. The van der Waals surface area contributed by atoms with Crippen molar-refractivity contribution in [3.63, 3.8) is 0 Å². The van der Waals surface area contributed by atoms with Gasteiger partial charge in [0.25, 0.3) is 0 Å². The van der Waals surface area contributed by atoms with Crippen molar-refractivity contribution in [1.29, 1.82) is 0 Å². The Bertz CT molecular complexity index is 488. The van der Waals surface area contributed by atoms with E-state index in [0.717, 1.165) is 23.6 Å². The third-order valence-electron chi connectivity index (χ3n) is 3.37. The van der Waals surface area contributed by atoms with Gasteiger partial charge in [0.15, 0.2) is 0 Å². The SMILES string of the molecule is CSCC[C@H](NC(C)=O)C(=O)N1CCc2nc[nH]c2C1. The Hall–Kier alpha value is -1.50. The number of imidazole rings is 1. The summed E-state index contributed by atoms with van der Waals surface area (Å²) in [5.41, 5.74) is 2.03. The maximum absolute atomic E-state index is 12.5. The molecule has 2 rings (SSSR count). The van der Waals surface area contributed by atoms with Crippen molar-refractivity contribution in [2.75, 3.05) is 18.6 Å². The summed E-state index contributed by atoms with van der Waals surface area (Å²) in [7, 11) is 0. The molecule has 1 aromatic rings. The van der Waals surface area contributed by atoms with Crippen molar-refractivity contribution in [1.82, 2.24) is 20.2 Å². The first-order valence-corrected chi connectivity index (χ1v) is 8.07. The van der Waals surface area contributed by atoms with Gasteiger partial charge in [0.2, 0.25) is 11.8 Å². The van der Waals surface area contributed by atoms with Crippen LogP contribution in [0.3, 0.4) is 0 Å². The van der Waals surface area contributed by atoms with Gasteiger partial charge >= 0.3 is 0 Å². The monoisotopic (exact) mass is 296 g/mol. The first kappa shape index (κ1) is 14.9. The number of H-pyrrole nitrogens is 1. The largest absolute Gasteiger partial charge is 0.347 e. The van der Waals surface area contributed by atoms with E-state index in [2.05, 4.69) is 15.3 Å². The summed E-state index contributed by atoms with van der Waals surface area (Å²) in [4.78, 5) is 32.9. The van der Waals surface area contributed by atoms with Crippen molar-refractivity contribution >= 4 is 23.6 Å². The van der Waals surface area contributed by atoms with Crippen LogP contribution >= 0.6 is 11.8 Å². The lowest BCUT2D eigenvalue weighted by Gasteiger charge is -2.30. The average molecular weight is 296 g/mol. The third-order valence-corrected chi connectivity index (χ3v) is 4.02. The van der Waals surface area contributed by atoms with E-state index in [4.69, 9.17) is 0 Å². The van der Waals surface area contributed by atoms with Gasteiger partial charge in [-0.2, -0.15) is 11.8 Å². The molecule has 20 heavy (non-hydrogen) atoms. The summed E-state index contributed by atoms with van der Waals surface area (Å²) in [6.07, 6.45) is 5.08. The van der Waals surface area contributed by atoms with Gasteiger partial charge in [-0.25, -0.2) is 4.98 Å². The molecule has 2 N–H and O–H groups in total. The highest BCUT2D eigenvalue weighted by Gasteiger charge is 2.28. The highest BCUT2D eigenvalue weighted by atomic mass is 32.2. The van der Waals surface area contributed by atoms with Gasteiger partial charge in [0, 0.05) is 19.9 Å². The Balaban J connectivity index is 2.02. The first-order valence-electron chi connectivity index (χ1n) is 6.67. The molecule has 110 valence electrons. The number of carbonyl (C=O) groups excluding carboxylic acids is 2. The van der Waals surface area contributed by atoms with Crippen LogP contribution in [0.2, 0.25) is 0 Å². The minimum atomic E-state index is -0.426. The fraction of sp³-hybridized carbons (Fsp3) is 0.615. The number of hydrogen-bond acceptors (Lipinski definition) is 4. The first-order chi connectivity index (χ1) is 9.61. The molecule has 1 aliphatic rings. The number of nitrogens with one attached hydrogen (secondary N) is 2. The maximum atomic E-state index is 12.5. The van der Waals surface area contributed by atoms with E-state index in [0.29, 0.717) is 19.5 Å². The molecule has 0 saturated heterocycles. The molecule has 0 radical (unpaired) electrons. The van der Waals surface area contributed by atoms with Crippen LogP contribution < -0.4 is 5.32 Å². The van der Waals surface area contributed by atoms with Crippen LogP contribution in [-0.4, -0.2) is 51.3 Å². The molecule has 0 spiro atoms. The fourth-order valence-corrected chi connectivity index (χ4v) is 2.83. The van der Waals surface area contributed by atoms with E-state index in [1.54, 1.807) is 23.0 Å². The quantitative estimate of drug-likeness (QED) is 0.832. The Morgan fingerprint density at radius 2 is 2.40 bits per heavy atom. The van der Waals surface area contributed by atoms with Crippen LogP contribution in [0.5, 0.6) is 0 Å². The van der Waals surface area contributed by atoms with Crippen LogP contribution in [0.25, 0.3) is 0 Å². The summed E-state index contributed by atoms with van der Waals surface area (Å²) in [5, 5.41) is 2.76. The predicted molar refractivity (Wildman–Crippen MR) is 78.3 cm³/mol. The Kier molecular flexibility index (Phi) is 5.05. The van der Waals surface area contributed by atoms with Crippen molar-refractivity contribution in [2.45, 2.75) is 32.4 Å². The molecule has 0 fully saturated rings. The van der Waals surface area contributed by atoms with E-state index in [1.165, 1.54) is 6.92 Å². The standard InChI is InChI=1S/C13H20N4O2S/c1-9(18)16-11(4-6-20-2)13(19)17-5-3-10-12(7-17)15-8-14-10/h8,11H,3-7H2,1-2H3,(H,14,15)(H,16,18)/t11-/m0/s1. The van der Waals surface area contributed by atoms with Gasteiger partial charge in [0.05, 0.1) is 24.3 Å². The minimum absolute atomic E-state index is 0.00509. The van der Waals surface area contributed by atoms with Crippen molar-refractivity contribution in [3.8, 4) is 0 Å². The molecule has 2 amide bonds. The topological polar surface area (TPSA) is 78.1 Å². The molecule has 1 aromatic heterocycles. The number of aromatic amines is 1. The number of carbonyl (C=O) groups is 2. The van der Waals surface area contributed by atoms with Gasteiger partial charge in [-0.1, -0.05) is 0 Å². The molecule has 0 saturated carbocycles. The van der Waals surface area contributed by atoms with Crippen molar-refractivity contribution < 1.29 is 9.59 Å². The molecule has 0 aromatic carbocycles. The third kappa shape index (κ3) is 3.53. The minimum Gasteiger partial charge on any atom is -0.347 e. The second kappa shape index (κ2) is 6.78. The molecule has 0 bridgehead atoms. The summed E-state index contributed by atoms with van der Waals surface area (Å²) in [6, 6.07) is -0.426. The van der Waals surface area contributed by atoms with Crippen LogP contribution in [0.15, 0.2) is 6.33 Å². The smallest absolute Gasteiger partial charge is 0.245 e. The van der Waals surface area contributed by atoms with E-state index in [9.17, 15) is 9.59 Å². The van der Waals surface area contributed by atoms with Gasteiger partial charge in [-0.3, -0.25) is 9.59 Å². The molecule has 0 unspecified atom stereocenters. The van der Waals surface area contributed by atoms with Crippen LogP contribution in [0, 0.1) is 0 Å². The number of aromatic nitrogens is 2. The van der Waals surface area contributed by atoms with E-state index in [-0.39, 0.29) is 11.8 Å². The summed E-state index contributed by atoms with van der Waals surface area (Å²) in [5.74, 6) is 0.679. The number of hydrogen-bond donors (Lipinski definition) is 2. The number of nitrogens with zero attached hydrogens (tertiary/aromatic N) is 2. The normalized spacial score (nSPS) is 15.6. The molecule has 2 heterocycles. The van der Waals surface area contributed by atoms with E-state index in [1.807, 2.05) is 6.26 Å². The maximum Gasteiger partial charge on any atom is 0.245 e. The molecular formula is C13H20N4O2S. The zero-order chi connectivity index (χ0) is 14.5. The highest BCUT2D eigenvalue weighted by Crippen LogP contribution is 2.16. The number of rotatable bonds is 5. The van der Waals surface area contributed by atoms with Gasteiger partial charge in [-0.15, -0.1) is 0 Å². The fourth-order valence-electron chi connectivity index (χ4n) is 2.36. The summed E-state index contributed by atoms with van der Waals surface area (Å²) < 4.78 is 0. The van der Waals surface area contributed by atoms with Gasteiger partial charge in [-0.05, 0) is 18.4 Å². The Labute approximate surface area is 122 Å². The second-order valence-electron chi connectivity index (χ2n) is 4.87. The Morgan fingerprint density at radius 1 is 1.60 bits per heavy atom. The summed E-state index contributed by atoms with van der Waals surface area (Å²) >= 11 is 1.67. The van der Waals surface area contributed by atoms with Crippen LogP contribution in [0.1, 0.15) is 24.7 Å². The molecule has 1 atom stereocenters. The number of thioether (sulfide) groups is 1. The molecule has 6 nitrogen and oxygen atoms in total. The molecular weight excluding hydrogens is 276 g/mol. The molecule has 1 aliphatic heterocycles. The van der Waals surface area contributed by atoms with Crippen LogP contribution in [-0.2, 0) is 22.6 Å². The summed E-state index contributed by atoms with van der Waals surface area (Å²) in [6.45, 7) is 2.65. The molecule has 7 heteroatoms. The van der Waals surface area contributed by atoms with E-state index >= 15 is 0 Å². The van der Waals surface area contributed by atoms with Gasteiger partial charge < -0.3 is 15.2 Å². The lowest BCUT2D eigenvalue weighted by atomic mass is 10.1. The number of fused-ring (bicyclic) bond motifs is 1. The number of amides is 2. The zero-order valence-electron chi connectivity index (χ0n) is 11.8. The predicted octanol–water partition coefficient (Wildman–Crippen LogP) is 0.552. The second-order valence-corrected chi connectivity index (χ2v) is 5.86. The van der Waals surface area contributed by atoms with Gasteiger partial charge in [0.1, 0.15) is 6.04 Å². The zero-order valence-corrected chi connectivity index (χ0v) is 12.6. The highest BCUT2D eigenvalue weighted by molar-refractivity contribution is 7.98. The average Bonchev–Trinajstić information content (AvgIpc) is 2.89.